The molecule has 0 saturated carbocycles. The Kier molecular flexibility index (Phi) is 6.44. The fourth-order valence-corrected chi connectivity index (χ4v) is 3.59. The molecule has 0 aliphatic carbocycles. The lowest BCUT2D eigenvalue weighted by Gasteiger charge is -2.26. The molecule has 33 heavy (non-hydrogen) atoms. The lowest BCUT2D eigenvalue weighted by Crippen LogP contribution is -2.54. The molecule has 1 aliphatic heterocycles. The van der Waals surface area contributed by atoms with Crippen molar-refractivity contribution in [2.45, 2.75) is 11.7 Å². The third kappa shape index (κ3) is 4.97. The minimum absolute atomic E-state index is 0.223. The topological polar surface area (TPSA) is 140 Å². The number of hydrogen-bond donors (Lipinski definition) is 4. The highest BCUT2D eigenvalue weighted by Crippen LogP contribution is 2.39. The van der Waals surface area contributed by atoms with Crippen LogP contribution in [0.15, 0.2) is 34.9 Å². The molecule has 1 aliphatic rings. The van der Waals surface area contributed by atoms with E-state index in [1.807, 2.05) is 5.32 Å². The van der Waals surface area contributed by atoms with E-state index >= 15 is 0 Å². The van der Waals surface area contributed by atoms with Gasteiger partial charge in [0.15, 0.2) is 5.54 Å². The number of carbonyl (C=O) groups excluding carboxylic acids is 3. The van der Waals surface area contributed by atoms with Gasteiger partial charge >= 0.3 is 12.2 Å². The number of hydrogen-bond acceptors (Lipinski definition) is 8. The van der Waals surface area contributed by atoms with E-state index in [4.69, 9.17) is 5.41 Å². The van der Waals surface area contributed by atoms with Crippen molar-refractivity contribution in [1.29, 1.82) is 5.41 Å². The highest BCUT2D eigenvalue weighted by molar-refractivity contribution is 7.09. The van der Waals surface area contributed by atoms with Crippen LogP contribution in [0, 0.1) is 11.2 Å². The van der Waals surface area contributed by atoms with Gasteiger partial charge in [0.1, 0.15) is 22.1 Å². The molecule has 1 aromatic heterocycles. The van der Waals surface area contributed by atoms with Crippen molar-refractivity contribution < 1.29 is 31.9 Å². The Morgan fingerprint density at radius 3 is 2.58 bits per heavy atom. The number of amides is 4. The quantitative estimate of drug-likeness (QED) is 0.204. The Balaban J connectivity index is 1.75. The molecule has 1 saturated heterocycles. The monoisotopic (exact) mass is 485 g/mol. The number of halogens is 4. The molecule has 4 amide bonds. The van der Waals surface area contributed by atoms with Gasteiger partial charge in [-0.3, -0.25) is 25.3 Å². The van der Waals surface area contributed by atoms with Gasteiger partial charge in [0.05, 0.1) is 24.0 Å². The van der Waals surface area contributed by atoms with E-state index in [1.54, 1.807) is 0 Å². The average molecular weight is 485 g/mol. The first-order valence-corrected chi connectivity index (χ1v) is 9.87. The molecule has 1 aromatic carbocycles. The number of carbonyl (C=O) groups is 3. The lowest BCUT2D eigenvalue weighted by atomic mass is 9.93. The van der Waals surface area contributed by atoms with Gasteiger partial charge in [-0.25, -0.2) is 14.2 Å². The molecule has 0 bridgehead atoms. The van der Waals surface area contributed by atoms with Gasteiger partial charge in [-0.05, 0) is 24.3 Å². The predicted molar refractivity (Wildman–Crippen MR) is 109 cm³/mol. The molecule has 10 nitrogen and oxygen atoms in total. The van der Waals surface area contributed by atoms with E-state index in [9.17, 15) is 31.9 Å². The average Bonchev–Trinajstić information content (AvgIpc) is 3.35. The number of nitrogens with zero attached hydrogens (tertiary/aromatic N) is 3. The molecule has 1 unspecified atom stereocenters. The number of hydrazone groups is 1. The number of imide groups is 1. The number of anilines is 1. The van der Waals surface area contributed by atoms with Crippen LogP contribution in [0.5, 0.6) is 0 Å². The van der Waals surface area contributed by atoms with Gasteiger partial charge in [-0.1, -0.05) is 0 Å². The summed E-state index contributed by atoms with van der Waals surface area (Å²) in [4.78, 5) is 38.8. The van der Waals surface area contributed by atoms with Crippen molar-refractivity contribution in [3.63, 3.8) is 0 Å². The first-order valence-electron chi connectivity index (χ1n) is 8.99. The summed E-state index contributed by atoms with van der Waals surface area (Å²) < 4.78 is 53.1. The van der Waals surface area contributed by atoms with Crippen molar-refractivity contribution in [3.8, 4) is 0 Å². The summed E-state index contributed by atoms with van der Waals surface area (Å²) in [7, 11) is 1.48. The van der Waals surface area contributed by atoms with Crippen LogP contribution in [0.3, 0.4) is 0 Å². The van der Waals surface area contributed by atoms with Crippen molar-refractivity contribution in [1.82, 2.24) is 20.9 Å². The number of aromatic nitrogens is 1. The Bertz CT molecular complexity index is 1130. The molecule has 1 fully saturated rings. The van der Waals surface area contributed by atoms with Gasteiger partial charge in [-0.2, -0.15) is 18.3 Å². The van der Waals surface area contributed by atoms with Crippen LogP contribution in [0.2, 0.25) is 0 Å². The van der Waals surface area contributed by atoms with Crippen LogP contribution in [-0.4, -0.2) is 48.3 Å². The van der Waals surface area contributed by atoms with Gasteiger partial charge in [0.25, 0.3) is 11.8 Å². The number of nitrogens with one attached hydrogen (secondary N) is 4. The number of benzene rings is 1. The van der Waals surface area contributed by atoms with Crippen molar-refractivity contribution in [2.24, 2.45) is 5.10 Å². The fourth-order valence-electron chi connectivity index (χ4n) is 2.85. The Morgan fingerprint density at radius 2 is 2.00 bits per heavy atom. The van der Waals surface area contributed by atoms with Crippen LogP contribution in [-0.2, 0) is 21.3 Å². The molecule has 4 N–H and O–H groups in total. The first kappa shape index (κ1) is 23.8. The molecule has 2 aromatic rings. The normalized spacial score (nSPS) is 18.2. The van der Waals surface area contributed by atoms with E-state index in [0.29, 0.717) is 5.69 Å². The predicted octanol–water partition coefficient (Wildman–Crippen LogP) is 1.59. The third-order valence-corrected chi connectivity index (χ3v) is 5.36. The zero-order valence-electron chi connectivity index (χ0n) is 16.7. The van der Waals surface area contributed by atoms with E-state index in [1.165, 1.54) is 36.3 Å². The molecule has 174 valence electrons. The van der Waals surface area contributed by atoms with Crippen molar-refractivity contribution in [2.75, 3.05) is 18.6 Å². The molecule has 1 atom stereocenters. The Labute approximate surface area is 187 Å². The zero-order valence-corrected chi connectivity index (χ0v) is 17.5. The number of thiazole rings is 1. The Morgan fingerprint density at radius 1 is 1.33 bits per heavy atom. The second kappa shape index (κ2) is 8.93. The Hall–Kier alpha value is -3.88. The summed E-state index contributed by atoms with van der Waals surface area (Å²) in [5, 5.41) is 19.0. The smallest absolute Gasteiger partial charge is 0.347 e. The molecule has 0 spiro atoms. The van der Waals surface area contributed by atoms with E-state index in [2.05, 4.69) is 20.7 Å². The molecule has 0 radical (unpaired) electrons. The summed E-state index contributed by atoms with van der Waals surface area (Å²) >= 11 is 0.223. The van der Waals surface area contributed by atoms with Gasteiger partial charge in [0, 0.05) is 7.05 Å². The van der Waals surface area contributed by atoms with Crippen LogP contribution in [0.4, 0.5) is 28.0 Å². The van der Waals surface area contributed by atoms with Gasteiger partial charge < -0.3 is 10.6 Å². The van der Waals surface area contributed by atoms with Gasteiger partial charge in [-0.15, -0.1) is 11.3 Å². The van der Waals surface area contributed by atoms with Crippen LogP contribution in [0.25, 0.3) is 0 Å². The first-order chi connectivity index (χ1) is 15.4. The molecular formula is C18H15F4N7O3S. The SMILES string of the molecule is CN(/N=C\C(=N)C(=O)NCC1(c2ncsc2C(F)(F)F)NC(=O)NC1=O)c1ccc(F)cc1. The van der Waals surface area contributed by atoms with E-state index in [0.717, 1.165) is 11.7 Å². The summed E-state index contributed by atoms with van der Waals surface area (Å²) in [5.74, 6) is -2.68. The highest BCUT2D eigenvalue weighted by atomic mass is 32.1. The standard InChI is InChI=1S/C18H15F4N7O3S/c1-29(10-4-2-9(19)3-5-10)26-6-11(23)14(30)24-7-17(15(31)27-16(32)28-17)12-13(18(20,21)22)33-8-25-12/h2-6,8,23H,7H2,1H3,(H,24,30)(H2,27,28,31,32)/b23-11?,26-6-. The maximum atomic E-state index is 13.4. The maximum Gasteiger partial charge on any atom is 0.427 e. The van der Waals surface area contributed by atoms with Crippen molar-refractivity contribution in [3.05, 3.63) is 46.2 Å². The zero-order chi connectivity index (χ0) is 24.4. The number of urea groups is 1. The van der Waals surface area contributed by atoms with Crippen LogP contribution >= 0.6 is 11.3 Å². The lowest BCUT2D eigenvalue weighted by molar-refractivity contribution is -0.136. The molecule has 3 rings (SSSR count). The maximum absolute atomic E-state index is 13.4. The minimum Gasteiger partial charge on any atom is -0.347 e. The third-order valence-electron chi connectivity index (χ3n) is 4.49. The largest absolute Gasteiger partial charge is 0.427 e. The highest BCUT2D eigenvalue weighted by Gasteiger charge is 2.54. The summed E-state index contributed by atoms with van der Waals surface area (Å²) in [6, 6.07) is 4.13. The summed E-state index contributed by atoms with van der Waals surface area (Å²) in [6.07, 6.45) is -4.01. The fraction of sp³-hybridized carbons (Fsp3) is 0.222. The number of alkyl halides is 3. The van der Waals surface area contributed by atoms with Crippen LogP contribution in [0.1, 0.15) is 10.6 Å². The minimum atomic E-state index is -4.86. The molecule has 2 heterocycles. The summed E-state index contributed by atoms with van der Waals surface area (Å²) in [5.41, 5.74) is -2.48. The van der Waals surface area contributed by atoms with E-state index in [-0.39, 0.29) is 11.3 Å². The molecule has 15 heteroatoms. The van der Waals surface area contributed by atoms with Gasteiger partial charge in [0.2, 0.25) is 0 Å². The summed E-state index contributed by atoms with van der Waals surface area (Å²) in [6.45, 7) is -0.805. The number of rotatable bonds is 7. The van der Waals surface area contributed by atoms with E-state index < -0.39 is 58.2 Å². The second-order valence-electron chi connectivity index (χ2n) is 6.68. The second-order valence-corrected chi connectivity index (χ2v) is 7.54. The molecular weight excluding hydrogens is 470 g/mol. The van der Waals surface area contributed by atoms with Crippen LogP contribution < -0.4 is 21.0 Å². The van der Waals surface area contributed by atoms with Crippen molar-refractivity contribution >= 4 is 46.8 Å².